The molecule has 0 aliphatic carbocycles. The summed E-state index contributed by atoms with van der Waals surface area (Å²) in [6.45, 7) is 4.75. The van der Waals surface area contributed by atoms with Crippen LogP contribution in [-0.4, -0.2) is 31.4 Å². The third kappa shape index (κ3) is 6.25. The van der Waals surface area contributed by atoms with Crippen LogP contribution in [0.25, 0.3) is 11.3 Å². The number of hydrogen-bond acceptors (Lipinski definition) is 7. The van der Waals surface area contributed by atoms with Crippen molar-refractivity contribution >= 4 is 45.9 Å². The zero-order valence-electron chi connectivity index (χ0n) is 18.8. The fourth-order valence-corrected chi connectivity index (χ4v) is 5.89. The number of nitrogens with zero attached hydrogens (tertiary/aromatic N) is 4. The first-order valence-electron chi connectivity index (χ1n) is 10.7. The lowest BCUT2D eigenvalue weighted by molar-refractivity contribution is -0.113. The smallest absolute Gasteiger partial charge is 0.236 e. The van der Waals surface area contributed by atoms with E-state index < -0.39 is 0 Å². The average molecular weight is 514 g/mol. The number of amides is 1. The summed E-state index contributed by atoms with van der Waals surface area (Å²) in [7, 11) is 0. The first kappa shape index (κ1) is 24.4. The number of thiazole rings is 1. The standard InChI is InChI=1S/C24H24FN5OS3/c1-3-30-20(14-32-13-17-9-11-19(25)12-10-17)28-29-24(30)33-15-21(31)26-23-27-22(16(2)34-23)18-7-5-4-6-8-18/h4-12H,3,13-15H2,1-2H3,(H,26,27,31). The van der Waals surface area contributed by atoms with E-state index in [-0.39, 0.29) is 17.5 Å². The lowest BCUT2D eigenvalue weighted by Gasteiger charge is -2.07. The van der Waals surface area contributed by atoms with Crippen molar-refractivity contribution in [3.8, 4) is 11.3 Å². The fourth-order valence-electron chi connectivity index (χ4n) is 3.29. The van der Waals surface area contributed by atoms with Crippen molar-refractivity contribution in [2.24, 2.45) is 0 Å². The van der Waals surface area contributed by atoms with E-state index in [1.807, 2.05) is 48.7 Å². The highest BCUT2D eigenvalue weighted by Gasteiger charge is 2.15. The van der Waals surface area contributed by atoms with E-state index in [0.717, 1.165) is 45.0 Å². The van der Waals surface area contributed by atoms with Gasteiger partial charge in [0.25, 0.3) is 0 Å². The first-order chi connectivity index (χ1) is 16.5. The number of hydrogen-bond donors (Lipinski definition) is 1. The van der Waals surface area contributed by atoms with Gasteiger partial charge in [0.15, 0.2) is 10.3 Å². The normalized spacial score (nSPS) is 11.0. The Morgan fingerprint density at radius 1 is 1.09 bits per heavy atom. The zero-order chi connectivity index (χ0) is 23.9. The van der Waals surface area contributed by atoms with E-state index in [2.05, 4.69) is 20.5 Å². The average Bonchev–Trinajstić information content (AvgIpc) is 3.41. The number of rotatable bonds is 10. The summed E-state index contributed by atoms with van der Waals surface area (Å²) in [4.78, 5) is 18.2. The van der Waals surface area contributed by atoms with Crippen LogP contribution in [0.15, 0.2) is 59.8 Å². The van der Waals surface area contributed by atoms with Crippen LogP contribution in [-0.2, 0) is 22.8 Å². The number of benzene rings is 2. The van der Waals surface area contributed by atoms with Crippen molar-refractivity contribution in [2.75, 3.05) is 11.1 Å². The Morgan fingerprint density at radius 3 is 2.59 bits per heavy atom. The van der Waals surface area contributed by atoms with Gasteiger partial charge in [-0.1, -0.05) is 54.2 Å². The summed E-state index contributed by atoms with van der Waals surface area (Å²) >= 11 is 4.53. The maximum Gasteiger partial charge on any atom is 0.236 e. The van der Waals surface area contributed by atoms with E-state index in [4.69, 9.17) is 0 Å². The monoisotopic (exact) mass is 513 g/mol. The van der Waals surface area contributed by atoms with Gasteiger partial charge in [0.2, 0.25) is 5.91 Å². The van der Waals surface area contributed by atoms with E-state index in [1.165, 1.54) is 35.2 Å². The molecule has 2 aromatic carbocycles. The minimum atomic E-state index is -0.230. The van der Waals surface area contributed by atoms with Gasteiger partial charge < -0.3 is 9.88 Å². The number of carbonyl (C=O) groups is 1. The van der Waals surface area contributed by atoms with Gasteiger partial charge in [-0.25, -0.2) is 9.37 Å². The molecule has 4 aromatic rings. The second-order valence-electron chi connectivity index (χ2n) is 7.39. The Labute approximate surface area is 210 Å². The van der Waals surface area contributed by atoms with Gasteiger partial charge in [-0.3, -0.25) is 4.79 Å². The lowest BCUT2D eigenvalue weighted by atomic mass is 10.1. The molecule has 4 rings (SSSR count). The van der Waals surface area contributed by atoms with Crippen LogP contribution in [0.5, 0.6) is 0 Å². The summed E-state index contributed by atoms with van der Waals surface area (Å²) < 4.78 is 15.1. The minimum Gasteiger partial charge on any atom is -0.306 e. The van der Waals surface area contributed by atoms with Crippen molar-refractivity contribution in [1.29, 1.82) is 0 Å². The SMILES string of the molecule is CCn1c(CSCc2ccc(F)cc2)nnc1SCC(=O)Nc1nc(-c2ccccc2)c(C)s1. The second kappa shape index (κ2) is 11.6. The predicted octanol–water partition coefficient (Wildman–Crippen LogP) is 6.03. The molecule has 1 amide bonds. The summed E-state index contributed by atoms with van der Waals surface area (Å²) in [5, 5.41) is 12.8. The Kier molecular flexibility index (Phi) is 8.36. The highest BCUT2D eigenvalue weighted by molar-refractivity contribution is 7.99. The summed E-state index contributed by atoms with van der Waals surface area (Å²) in [6.07, 6.45) is 0. The molecule has 0 saturated carbocycles. The van der Waals surface area contributed by atoms with Crippen LogP contribution in [0, 0.1) is 12.7 Å². The molecular formula is C24H24FN5OS3. The molecule has 0 aliphatic rings. The van der Waals surface area contributed by atoms with Crippen molar-refractivity contribution in [2.45, 2.75) is 37.1 Å². The number of anilines is 1. The number of aryl methyl sites for hydroxylation is 1. The number of halogens is 1. The van der Waals surface area contributed by atoms with Gasteiger partial charge >= 0.3 is 0 Å². The van der Waals surface area contributed by atoms with Crippen LogP contribution in [0.2, 0.25) is 0 Å². The molecule has 0 atom stereocenters. The van der Waals surface area contributed by atoms with Gasteiger partial charge in [-0.2, -0.15) is 0 Å². The Balaban J connectivity index is 1.30. The van der Waals surface area contributed by atoms with E-state index in [9.17, 15) is 9.18 Å². The van der Waals surface area contributed by atoms with Crippen LogP contribution in [0.3, 0.4) is 0 Å². The largest absolute Gasteiger partial charge is 0.306 e. The van der Waals surface area contributed by atoms with Crippen molar-refractivity contribution < 1.29 is 9.18 Å². The third-order valence-electron chi connectivity index (χ3n) is 4.95. The van der Waals surface area contributed by atoms with Gasteiger partial charge in [0, 0.05) is 22.7 Å². The highest BCUT2D eigenvalue weighted by atomic mass is 32.2. The molecule has 0 aliphatic heterocycles. The summed E-state index contributed by atoms with van der Waals surface area (Å²) in [5.41, 5.74) is 2.99. The van der Waals surface area contributed by atoms with Crippen molar-refractivity contribution in [1.82, 2.24) is 19.7 Å². The van der Waals surface area contributed by atoms with Gasteiger partial charge in [0.05, 0.1) is 17.2 Å². The molecule has 2 heterocycles. The predicted molar refractivity (Wildman–Crippen MR) is 139 cm³/mol. The quantitative estimate of drug-likeness (QED) is 0.261. The van der Waals surface area contributed by atoms with Crippen molar-refractivity contribution in [3.05, 3.63) is 76.7 Å². The summed E-state index contributed by atoms with van der Waals surface area (Å²) in [5.74, 6) is 2.18. The molecule has 0 unspecified atom stereocenters. The molecule has 0 fully saturated rings. The Hall–Kier alpha value is -2.69. The van der Waals surface area contributed by atoms with E-state index in [0.29, 0.717) is 10.9 Å². The molecule has 10 heteroatoms. The molecule has 1 N–H and O–H groups in total. The molecule has 2 aromatic heterocycles. The van der Waals surface area contributed by atoms with Gasteiger partial charge in [0.1, 0.15) is 11.6 Å². The number of thioether (sulfide) groups is 2. The van der Waals surface area contributed by atoms with Crippen molar-refractivity contribution in [3.63, 3.8) is 0 Å². The molecule has 0 spiro atoms. The second-order valence-corrected chi connectivity index (χ2v) is 10.5. The number of aromatic nitrogens is 4. The van der Waals surface area contributed by atoms with Gasteiger partial charge in [-0.15, -0.1) is 33.3 Å². The lowest BCUT2D eigenvalue weighted by Crippen LogP contribution is -2.14. The Bertz CT molecular complexity index is 1240. The number of carbonyl (C=O) groups excluding carboxylic acids is 1. The Morgan fingerprint density at radius 2 is 1.85 bits per heavy atom. The zero-order valence-corrected chi connectivity index (χ0v) is 21.3. The molecule has 0 saturated heterocycles. The highest BCUT2D eigenvalue weighted by Crippen LogP contribution is 2.30. The van der Waals surface area contributed by atoms with E-state index in [1.54, 1.807) is 23.9 Å². The molecule has 0 radical (unpaired) electrons. The molecular weight excluding hydrogens is 489 g/mol. The maximum atomic E-state index is 13.1. The minimum absolute atomic E-state index is 0.128. The first-order valence-corrected chi connectivity index (χ1v) is 13.7. The van der Waals surface area contributed by atoms with Gasteiger partial charge in [-0.05, 0) is 31.5 Å². The molecule has 6 nitrogen and oxygen atoms in total. The van der Waals surface area contributed by atoms with Crippen LogP contribution < -0.4 is 5.32 Å². The van der Waals surface area contributed by atoms with Crippen LogP contribution in [0.1, 0.15) is 23.2 Å². The fraction of sp³-hybridized carbons (Fsp3) is 0.250. The number of nitrogens with one attached hydrogen (secondary N) is 1. The molecule has 176 valence electrons. The molecule has 34 heavy (non-hydrogen) atoms. The third-order valence-corrected chi connectivity index (χ3v) is 7.80. The molecule has 0 bridgehead atoms. The van der Waals surface area contributed by atoms with Crippen LogP contribution >= 0.6 is 34.9 Å². The topological polar surface area (TPSA) is 72.7 Å². The van der Waals surface area contributed by atoms with E-state index >= 15 is 0 Å². The van der Waals surface area contributed by atoms with Crippen LogP contribution in [0.4, 0.5) is 9.52 Å². The maximum absolute atomic E-state index is 13.1. The summed E-state index contributed by atoms with van der Waals surface area (Å²) in [6, 6.07) is 16.5.